The summed E-state index contributed by atoms with van der Waals surface area (Å²) >= 11 is 0. The van der Waals surface area contributed by atoms with Crippen molar-refractivity contribution in [3.63, 3.8) is 0 Å². The van der Waals surface area contributed by atoms with Gasteiger partial charge >= 0.3 is 6.36 Å². The fraction of sp³-hybridized carbons (Fsp3) is 0.300. The summed E-state index contributed by atoms with van der Waals surface area (Å²) < 4.78 is 46.3. The van der Waals surface area contributed by atoms with Gasteiger partial charge in [-0.2, -0.15) is 0 Å². The van der Waals surface area contributed by atoms with E-state index in [0.29, 0.717) is 5.56 Å². The molecule has 0 saturated heterocycles. The van der Waals surface area contributed by atoms with E-state index in [-0.39, 0.29) is 19.6 Å². The lowest BCUT2D eigenvalue weighted by molar-refractivity contribution is -0.274. The summed E-state index contributed by atoms with van der Waals surface area (Å²) in [6.07, 6.45) is -5.04. The Bertz CT molecular complexity index is 813. The lowest BCUT2D eigenvalue weighted by Gasteiger charge is -2.18. The molecule has 0 aliphatic heterocycles. The molecule has 2 rings (SSSR count). The van der Waals surface area contributed by atoms with Crippen molar-refractivity contribution in [2.24, 2.45) is 0 Å². The summed E-state index contributed by atoms with van der Waals surface area (Å²) in [5.41, 5.74) is 1.22. The molecule has 2 N–H and O–H groups in total. The average molecular weight is 410 g/mol. The van der Waals surface area contributed by atoms with Gasteiger partial charge in [-0.05, 0) is 23.3 Å². The lowest BCUT2D eigenvalue weighted by atomic mass is 10.1. The molecule has 6 nitrogen and oxygen atoms in total. The normalized spacial score (nSPS) is 12.1. The molecular formula is C20H21F3N2O4. The van der Waals surface area contributed by atoms with E-state index in [1.165, 1.54) is 19.2 Å². The molecule has 9 heteroatoms. The zero-order valence-electron chi connectivity index (χ0n) is 15.7. The van der Waals surface area contributed by atoms with Crippen LogP contribution >= 0.6 is 0 Å². The summed E-state index contributed by atoms with van der Waals surface area (Å²) in [6, 6.07) is 13.5. The van der Waals surface area contributed by atoms with Crippen molar-refractivity contribution in [2.45, 2.75) is 25.4 Å². The minimum atomic E-state index is -4.82. The number of carbonyl (C=O) groups is 2. The topological polar surface area (TPSA) is 76.7 Å². The number of amides is 2. The number of nitrogens with one attached hydrogen (secondary N) is 2. The van der Waals surface area contributed by atoms with Crippen LogP contribution in [-0.2, 0) is 27.4 Å². The zero-order valence-corrected chi connectivity index (χ0v) is 15.7. The highest BCUT2D eigenvalue weighted by Crippen LogP contribution is 2.23. The number of ether oxygens (including phenoxy) is 2. The minimum Gasteiger partial charge on any atom is -0.406 e. The molecule has 0 fully saturated rings. The predicted molar refractivity (Wildman–Crippen MR) is 98.9 cm³/mol. The molecule has 0 aromatic heterocycles. The van der Waals surface area contributed by atoms with Crippen molar-refractivity contribution in [1.29, 1.82) is 0 Å². The molecule has 0 aliphatic carbocycles. The van der Waals surface area contributed by atoms with Crippen LogP contribution in [0.15, 0.2) is 54.6 Å². The van der Waals surface area contributed by atoms with Crippen LogP contribution < -0.4 is 15.4 Å². The van der Waals surface area contributed by atoms with E-state index >= 15 is 0 Å². The van der Waals surface area contributed by atoms with Gasteiger partial charge in [0, 0.05) is 7.05 Å². The Hall–Kier alpha value is -3.07. The SMILES string of the molecule is CNC(=O)[C@H](COCc1ccccc1)NC(=O)Cc1cccc(OC(F)(F)F)c1. The van der Waals surface area contributed by atoms with E-state index in [2.05, 4.69) is 15.4 Å². The first-order chi connectivity index (χ1) is 13.8. The van der Waals surface area contributed by atoms with Crippen molar-refractivity contribution in [3.05, 3.63) is 65.7 Å². The van der Waals surface area contributed by atoms with Gasteiger partial charge in [-0.3, -0.25) is 9.59 Å². The minimum absolute atomic E-state index is 0.0580. The van der Waals surface area contributed by atoms with Crippen molar-refractivity contribution < 1.29 is 32.2 Å². The largest absolute Gasteiger partial charge is 0.573 e. The highest BCUT2D eigenvalue weighted by Gasteiger charge is 2.31. The van der Waals surface area contributed by atoms with Crippen molar-refractivity contribution in [1.82, 2.24) is 10.6 Å². The number of hydrogen-bond acceptors (Lipinski definition) is 4. The Morgan fingerprint density at radius 1 is 1.03 bits per heavy atom. The van der Waals surface area contributed by atoms with Crippen LogP contribution in [0.2, 0.25) is 0 Å². The number of benzene rings is 2. The number of likely N-dealkylation sites (N-methyl/N-ethyl adjacent to an activating group) is 1. The van der Waals surface area contributed by atoms with Crippen LogP contribution in [0.4, 0.5) is 13.2 Å². The van der Waals surface area contributed by atoms with E-state index < -0.39 is 30.0 Å². The summed E-state index contributed by atoms with van der Waals surface area (Å²) in [4.78, 5) is 24.3. The Kier molecular flexibility index (Phi) is 8.02. The first-order valence-electron chi connectivity index (χ1n) is 8.74. The van der Waals surface area contributed by atoms with Gasteiger partial charge in [-0.15, -0.1) is 13.2 Å². The number of rotatable bonds is 9. The first kappa shape index (κ1) is 22.2. The van der Waals surface area contributed by atoms with E-state index in [4.69, 9.17) is 4.74 Å². The summed E-state index contributed by atoms with van der Waals surface area (Å²) in [7, 11) is 1.43. The number of halogens is 3. The van der Waals surface area contributed by atoms with Gasteiger partial charge in [0.1, 0.15) is 11.8 Å². The van der Waals surface area contributed by atoms with Gasteiger partial charge < -0.3 is 20.1 Å². The Balaban J connectivity index is 1.92. The molecule has 156 valence electrons. The summed E-state index contributed by atoms with van der Waals surface area (Å²) in [5, 5.41) is 4.97. The number of alkyl halides is 3. The number of hydrogen-bond donors (Lipinski definition) is 2. The average Bonchev–Trinajstić information content (AvgIpc) is 2.66. The Morgan fingerprint density at radius 2 is 1.72 bits per heavy atom. The van der Waals surface area contributed by atoms with Crippen LogP contribution in [0.1, 0.15) is 11.1 Å². The third-order valence-corrected chi connectivity index (χ3v) is 3.79. The van der Waals surface area contributed by atoms with Crippen LogP contribution in [0.3, 0.4) is 0 Å². The van der Waals surface area contributed by atoms with Gasteiger partial charge in [0.25, 0.3) is 0 Å². The maximum atomic E-state index is 12.3. The zero-order chi connectivity index (χ0) is 21.3. The monoisotopic (exact) mass is 410 g/mol. The van der Waals surface area contributed by atoms with E-state index in [1.54, 1.807) is 0 Å². The molecule has 29 heavy (non-hydrogen) atoms. The second-order valence-corrected chi connectivity index (χ2v) is 6.11. The van der Waals surface area contributed by atoms with Gasteiger partial charge in [0.15, 0.2) is 0 Å². The first-order valence-corrected chi connectivity index (χ1v) is 8.74. The molecule has 0 unspecified atom stereocenters. The van der Waals surface area contributed by atoms with Crippen molar-refractivity contribution in [2.75, 3.05) is 13.7 Å². The van der Waals surface area contributed by atoms with Gasteiger partial charge in [0.05, 0.1) is 19.6 Å². The smallest absolute Gasteiger partial charge is 0.406 e. The molecule has 2 aromatic carbocycles. The van der Waals surface area contributed by atoms with E-state index in [0.717, 1.165) is 17.7 Å². The number of carbonyl (C=O) groups excluding carboxylic acids is 2. The van der Waals surface area contributed by atoms with Crippen molar-refractivity contribution in [3.8, 4) is 5.75 Å². The molecule has 0 heterocycles. The molecule has 2 aromatic rings. The summed E-state index contributed by atoms with van der Waals surface area (Å²) in [6.45, 7) is 0.207. The molecule has 1 atom stereocenters. The predicted octanol–water partition coefficient (Wildman–Crippen LogP) is 2.58. The third-order valence-electron chi connectivity index (χ3n) is 3.79. The highest BCUT2D eigenvalue weighted by atomic mass is 19.4. The molecule has 0 spiro atoms. The maximum Gasteiger partial charge on any atom is 0.573 e. The summed E-state index contributed by atoms with van der Waals surface area (Å²) in [5.74, 6) is -1.40. The van der Waals surface area contributed by atoms with Crippen LogP contribution in [0, 0.1) is 0 Å². The highest BCUT2D eigenvalue weighted by molar-refractivity contribution is 5.88. The second-order valence-electron chi connectivity index (χ2n) is 6.11. The Labute approximate surface area is 166 Å². The standard InChI is InChI=1S/C20H21F3N2O4/c1-24-19(27)17(13-28-12-14-6-3-2-4-7-14)25-18(26)11-15-8-5-9-16(10-15)29-20(21,22)23/h2-10,17H,11-13H2,1H3,(H,24,27)(H,25,26)/t17-/m0/s1. The quantitative estimate of drug-likeness (QED) is 0.666. The lowest BCUT2D eigenvalue weighted by Crippen LogP contribution is -2.48. The molecule has 2 amide bonds. The van der Waals surface area contributed by atoms with Gasteiger partial charge in [-0.25, -0.2) is 0 Å². The molecular weight excluding hydrogens is 389 g/mol. The fourth-order valence-electron chi connectivity index (χ4n) is 2.51. The molecule has 0 radical (unpaired) electrons. The second kappa shape index (κ2) is 10.5. The molecule has 0 saturated carbocycles. The van der Waals surface area contributed by atoms with E-state index in [1.807, 2.05) is 30.3 Å². The van der Waals surface area contributed by atoms with Crippen molar-refractivity contribution >= 4 is 11.8 Å². The van der Waals surface area contributed by atoms with E-state index in [9.17, 15) is 22.8 Å². The maximum absolute atomic E-state index is 12.3. The van der Waals surface area contributed by atoms with Crippen LogP contribution in [-0.4, -0.2) is 37.9 Å². The van der Waals surface area contributed by atoms with Crippen LogP contribution in [0.25, 0.3) is 0 Å². The van der Waals surface area contributed by atoms with Gasteiger partial charge in [-0.1, -0.05) is 42.5 Å². The molecule has 0 aliphatic rings. The Morgan fingerprint density at radius 3 is 2.38 bits per heavy atom. The van der Waals surface area contributed by atoms with Gasteiger partial charge in [0.2, 0.25) is 11.8 Å². The molecule has 0 bridgehead atoms. The fourth-order valence-corrected chi connectivity index (χ4v) is 2.51. The van der Waals surface area contributed by atoms with Crippen LogP contribution in [0.5, 0.6) is 5.75 Å². The third kappa shape index (κ3) is 8.22.